The average Bonchev–Trinajstić information content (AvgIpc) is 2.97. The van der Waals surface area contributed by atoms with Gasteiger partial charge in [0.05, 0.1) is 12.6 Å². The molecule has 2 heterocycles. The number of nitrogens with zero attached hydrogens (tertiary/aromatic N) is 3. The highest BCUT2D eigenvalue weighted by Crippen LogP contribution is 2.39. The van der Waals surface area contributed by atoms with E-state index in [4.69, 9.17) is 0 Å². The Morgan fingerprint density at radius 2 is 2.21 bits per heavy atom. The SMILES string of the molecule is OCC1CCCc2nc(C3CC3)nn21. The van der Waals surface area contributed by atoms with Crippen molar-refractivity contribution < 1.29 is 5.11 Å². The normalized spacial score (nSPS) is 26.2. The first kappa shape index (κ1) is 8.41. The molecule has 14 heavy (non-hydrogen) atoms. The zero-order valence-corrected chi connectivity index (χ0v) is 8.19. The molecule has 1 atom stereocenters. The van der Waals surface area contributed by atoms with Gasteiger partial charge in [0.2, 0.25) is 0 Å². The molecule has 4 heteroatoms. The van der Waals surface area contributed by atoms with Gasteiger partial charge in [0.1, 0.15) is 5.82 Å². The van der Waals surface area contributed by atoms with Crippen molar-refractivity contribution in [3.05, 3.63) is 11.6 Å². The zero-order chi connectivity index (χ0) is 9.54. The van der Waals surface area contributed by atoms with Crippen LogP contribution < -0.4 is 0 Å². The van der Waals surface area contributed by atoms with Gasteiger partial charge in [0.25, 0.3) is 0 Å². The molecule has 0 spiro atoms. The van der Waals surface area contributed by atoms with E-state index in [9.17, 15) is 5.11 Å². The van der Waals surface area contributed by atoms with E-state index in [1.165, 1.54) is 12.8 Å². The summed E-state index contributed by atoms with van der Waals surface area (Å²) in [5.41, 5.74) is 0. The van der Waals surface area contributed by atoms with Crippen molar-refractivity contribution >= 4 is 0 Å². The lowest BCUT2D eigenvalue weighted by molar-refractivity contribution is 0.194. The average molecular weight is 193 g/mol. The van der Waals surface area contributed by atoms with E-state index in [1.807, 2.05) is 4.68 Å². The highest BCUT2D eigenvalue weighted by Gasteiger charge is 2.31. The van der Waals surface area contributed by atoms with Gasteiger partial charge in [0.15, 0.2) is 5.82 Å². The molecule has 1 unspecified atom stereocenters. The van der Waals surface area contributed by atoms with Crippen molar-refractivity contribution in [1.29, 1.82) is 0 Å². The molecular formula is C10H15N3O. The summed E-state index contributed by atoms with van der Waals surface area (Å²) in [7, 11) is 0. The van der Waals surface area contributed by atoms with Crippen LogP contribution in [0.2, 0.25) is 0 Å². The second-order valence-electron chi connectivity index (χ2n) is 4.33. The molecule has 1 aromatic heterocycles. The van der Waals surface area contributed by atoms with Crippen molar-refractivity contribution in [2.75, 3.05) is 6.61 Å². The maximum atomic E-state index is 9.21. The first-order valence-electron chi connectivity index (χ1n) is 5.44. The molecular weight excluding hydrogens is 178 g/mol. The number of rotatable bonds is 2. The summed E-state index contributed by atoms with van der Waals surface area (Å²) in [5.74, 6) is 2.71. The van der Waals surface area contributed by atoms with Crippen LogP contribution in [-0.4, -0.2) is 26.5 Å². The van der Waals surface area contributed by atoms with Gasteiger partial charge >= 0.3 is 0 Å². The van der Waals surface area contributed by atoms with E-state index in [2.05, 4.69) is 10.1 Å². The first-order chi connectivity index (χ1) is 6.88. The lowest BCUT2D eigenvalue weighted by Gasteiger charge is -2.20. The predicted octanol–water partition coefficient (Wildman–Crippen LogP) is 1.03. The summed E-state index contributed by atoms with van der Waals surface area (Å²) in [6.07, 6.45) is 5.68. The van der Waals surface area contributed by atoms with Gasteiger partial charge in [0, 0.05) is 12.3 Å². The second-order valence-corrected chi connectivity index (χ2v) is 4.33. The number of hydrogen-bond donors (Lipinski definition) is 1. The van der Waals surface area contributed by atoms with Crippen LogP contribution in [0.1, 0.15) is 49.3 Å². The van der Waals surface area contributed by atoms with Crippen molar-refractivity contribution in [3.63, 3.8) is 0 Å². The van der Waals surface area contributed by atoms with E-state index in [0.29, 0.717) is 5.92 Å². The number of aliphatic hydroxyl groups is 1. The fraction of sp³-hybridized carbons (Fsp3) is 0.800. The largest absolute Gasteiger partial charge is 0.394 e. The summed E-state index contributed by atoms with van der Waals surface area (Å²) in [6, 6.07) is 0.179. The molecule has 0 bridgehead atoms. The molecule has 1 saturated carbocycles. The van der Waals surface area contributed by atoms with Crippen LogP contribution in [0.3, 0.4) is 0 Å². The number of aryl methyl sites for hydroxylation is 1. The zero-order valence-electron chi connectivity index (χ0n) is 8.19. The molecule has 76 valence electrons. The van der Waals surface area contributed by atoms with Gasteiger partial charge in [-0.05, 0) is 25.7 Å². The monoisotopic (exact) mass is 193 g/mol. The highest BCUT2D eigenvalue weighted by atomic mass is 16.3. The van der Waals surface area contributed by atoms with Crippen LogP contribution in [-0.2, 0) is 6.42 Å². The van der Waals surface area contributed by atoms with Gasteiger partial charge in [-0.1, -0.05) is 0 Å². The van der Waals surface area contributed by atoms with E-state index >= 15 is 0 Å². The summed E-state index contributed by atoms with van der Waals surface area (Å²) >= 11 is 0. The molecule has 0 radical (unpaired) electrons. The topological polar surface area (TPSA) is 50.9 Å². The smallest absolute Gasteiger partial charge is 0.154 e. The molecule has 1 fully saturated rings. The van der Waals surface area contributed by atoms with Crippen LogP contribution in [0.15, 0.2) is 0 Å². The van der Waals surface area contributed by atoms with Crippen molar-refractivity contribution in [2.24, 2.45) is 0 Å². The van der Waals surface area contributed by atoms with E-state index < -0.39 is 0 Å². The molecule has 0 saturated heterocycles. The van der Waals surface area contributed by atoms with Gasteiger partial charge in [-0.3, -0.25) is 0 Å². The van der Waals surface area contributed by atoms with Gasteiger partial charge < -0.3 is 5.11 Å². The van der Waals surface area contributed by atoms with Gasteiger partial charge in [-0.15, -0.1) is 0 Å². The first-order valence-corrected chi connectivity index (χ1v) is 5.44. The Morgan fingerprint density at radius 1 is 1.36 bits per heavy atom. The lowest BCUT2D eigenvalue weighted by atomic mass is 10.1. The maximum absolute atomic E-state index is 9.21. The Morgan fingerprint density at radius 3 is 2.93 bits per heavy atom. The van der Waals surface area contributed by atoms with Crippen molar-refractivity contribution in [3.8, 4) is 0 Å². The molecule has 4 nitrogen and oxygen atoms in total. The number of fused-ring (bicyclic) bond motifs is 1. The summed E-state index contributed by atoms with van der Waals surface area (Å²) < 4.78 is 1.96. The fourth-order valence-electron chi connectivity index (χ4n) is 2.14. The van der Waals surface area contributed by atoms with Crippen LogP contribution in [0.25, 0.3) is 0 Å². The molecule has 1 N–H and O–H groups in total. The molecule has 1 aliphatic heterocycles. The van der Waals surface area contributed by atoms with Crippen LogP contribution in [0.4, 0.5) is 0 Å². The Bertz CT molecular complexity index is 343. The van der Waals surface area contributed by atoms with Gasteiger partial charge in [-0.25, -0.2) is 9.67 Å². The Hall–Kier alpha value is -0.900. The summed E-state index contributed by atoms with van der Waals surface area (Å²) in [6.45, 7) is 0.195. The van der Waals surface area contributed by atoms with Crippen LogP contribution in [0, 0.1) is 0 Å². The third kappa shape index (κ3) is 1.25. The standard InChI is InChI=1S/C10H15N3O/c14-6-8-2-1-3-9-11-10(7-4-5-7)12-13(8)9/h7-8,14H,1-6H2. The minimum Gasteiger partial charge on any atom is -0.394 e. The minimum absolute atomic E-state index is 0.179. The number of aliphatic hydroxyl groups excluding tert-OH is 1. The maximum Gasteiger partial charge on any atom is 0.154 e. The third-order valence-corrected chi connectivity index (χ3v) is 3.16. The Balaban J connectivity index is 1.95. The van der Waals surface area contributed by atoms with Gasteiger partial charge in [-0.2, -0.15) is 5.10 Å². The molecule has 3 rings (SSSR count). The highest BCUT2D eigenvalue weighted by molar-refractivity contribution is 5.08. The van der Waals surface area contributed by atoms with Crippen molar-refractivity contribution in [1.82, 2.24) is 14.8 Å². The van der Waals surface area contributed by atoms with Crippen molar-refractivity contribution in [2.45, 2.75) is 44.1 Å². The number of aromatic nitrogens is 3. The number of hydrogen-bond acceptors (Lipinski definition) is 3. The molecule has 0 amide bonds. The molecule has 1 aliphatic carbocycles. The quantitative estimate of drug-likeness (QED) is 0.763. The fourth-order valence-corrected chi connectivity index (χ4v) is 2.14. The van der Waals surface area contributed by atoms with E-state index in [-0.39, 0.29) is 12.6 Å². The van der Waals surface area contributed by atoms with Crippen LogP contribution in [0.5, 0.6) is 0 Å². The third-order valence-electron chi connectivity index (χ3n) is 3.16. The lowest BCUT2D eigenvalue weighted by Crippen LogP contribution is -2.21. The molecule has 2 aliphatic rings. The minimum atomic E-state index is 0.179. The summed E-state index contributed by atoms with van der Waals surface area (Å²) in [5, 5.41) is 13.7. The second kappa shape index (κ2) is 3.05. The van der Waals surface area contributed by atoms with Crippen LogP contribution >= 0.6 is 0 Å². The van der Waals surface area contributed by atoms with E-state index in [0.717, 1.165) is 30.9 Å². The molecule has 0 aromatic carbocycles. The Kier molecular flexibility index (Phi) is 1.83. The summed E-state index contributed by atoms with van der Waals surface area (Å²) in [4.78, 5) is 4.55. The molecule has 1 aromatic rings. The van der Waals surface area contributed by atoms with E-state index in [1.54, 1.807) is 0 Å². The predicted molar refractivity (Wildman–Crippen MR) is 51.1 cm³/mol. The Labute approximate surface area is 83.0 Å².